The largest absolute Gasteiger partial charge is 0.422 e. The third-order valence-electron chi connectivity index (χ3n) is 3.13. The van der Waals surface area contributed by atoms with Crippen molar-refractivity contribution < 1.29 is 22.7 Å². The number of hydrogen-bond acceptors (Lipinski definition) is 2. The molecule has 0 atom stereocenters. The molecule has 2 aromatic carbocycles. The van der Waals surface area contributed by atoms with Crippen LogP contribution in [0.4, 0.5) is 13.2 Å². The van der Waals surface area contributed by atoms with Crippen molar-refractivity contribution in [3.05, 3.63) is 70.8 Å². The molecule has 1 heterocycles. The molecular formula is C16H9F3O2. The number of benzene rings is 2. The van der Waals surface area contributed by atoms with Crippen LogP contribution in [0, 0.1) is 0 Å². The first kappa shape index (κ1) is 13.4. The standard InChI is InChI=1S/C16H9F3O2/c17-16(18,19)11-5-3-4-10(8-11)9-14-12-6-1-2-7-13(12)15(20)21-14/h1-9H. The molecule has 0 saturated carbocycles. The minimum atomic E-state index is -4.40. The zero-order valence-corrected chi connectivity index (χ0v) is 10.6. The summed E-state index contributed by atoms with van der Waals surface area (Å²) < 4.78 is 43.1. The average molecular weight is 290 g/mol. The summed E-state index contributed by atoms with van der Waals surface area (Å²) in [7, 11) is 0. The normalized spacial score (nSPS) is 16.0. The summed E-state index contributed by atoms with van der Waals surface area (Å²) in [6.07, 6.45) is -2.97. The van der Waals surface area contributed by atoms with E-state index in [-0.39, 0.29) is 5.76 Å². The highest BCUT2D eigenvalue weighted by atomic mass is 19.4. The summed E-state index contributed by atoms with van der Waals surface area (Å²) in [5.41, 5.74) is 0.578. The molecule has 0 aliphatic carbocycles. The Morgan fingerprint density at radius 1 is 0.952 bits per heavy atom. The van der Waals surface area contributed by atoms with Crippen LogP contribution in [0.1, 0.15) is 27.0 Å². The molecule has 0 amide bonds. The quantitative estimate of drug-likeness (QED) is 0.729. The van der Waals surface area contributed by atoms with Crippen molar-refractivity contribution in [2.75, 3.05) is 0 Å². The number of hydrogen-bond donors (Lipinski definition) is 0. The summed E-state index contributed by atoms with van der Waals surface area (Å²) in [4.78, 5) is 11.6. The zero-order chi connectivity index (χ0) is 15.0. The lowest BCUT2D eigenvalue weighted by atomic mass is 10.1. The molecule has 21 heavy (non-hydrogen) atoms. The van der Waals surface area contributed by atoms with E-state index in [1.165, 1.54) is 18.2 Å². The zero-order valence-electron chi connectivity index (χ0n) is 10.6. The fraction of sp³-hybridized carbons (Fsp3) is 0.0625. The Balaban J connectivity index is 2.03. The van der Waals surface area contributed by atoms with E-state index in [0.29, 0.717) is 16.7 Å². The van der Waals surface area contributed by atoms with Gasteiger partial charge in [-0.1, -0.05) is 30.3 Å². The number of ether oxygens (including phenoxy) is 1. The van der Waals surface area contributed by atoms with Crippen molar-refractivity contribution in [3.63, 3.8) is 0 Å². The molecule has 106 valence electrons. The molecule has 1 aliphatic rings. The highest BCUT2D eigenvalue weighted by molar-refractivity contribution is 6.05. The highest BCUT2D eigenvalue weighted by Crippen LogP contribution is 2.33. The van der Waals surface area contributed by atoms with Crippen LogP contribution in [0.2, 0.25) is 0 Å². The number of alkyl halides is 3. The fourth-order valence-electron chi connectivity index (χ4n) is 2.15. The van der Waals surface area contributed by atoms with Crippen molar-refractivity contribution in [1.82, 2.24) is 0 Å². The van der Waals surface area contributed by atoms with Crippen LogP contribution in [0.25, 0.3) is 11.8 Å². The first-order chi connectivity index (χ1) is 9.95. The van der Waals surface area contributed by atoms with Gasteiger partial charge in [0.05, 0.1) is 11.1 Å². The first-order valence-corrected chi connectivity index (χ1v) is 6.16. The van der Waals surface area contributed by atoms with Gasteiger partial charge in [-0.05, 0) is 29.8 Å². The van der Waals surface area contributed by atoms with Gasteiger partial charge in [0.25, 0.3) is 0 Å². The van der Waals surface area contributed by atoms with Gasteiger partial charge >= 0.3 is 12.1 Å². The monoisotopic (exact) mass is 290 g/mol. The maximum Gasteiger partial charge on any atom is 0.416 e. The number of halogens is 3. The second-order valence-electron chi connectivity index (χ2n) is 4.57. The van der Waals surface area contributed by atoms with Gasteiger partial charge < -0.3 is 4.74 Å². The van der Waals surface area contributed by atoms with Gasteiger partial charge in [0, 0.05) is 5.56 Å². The lowest BCUT2D eigenvalue weighted by molar-refractivity contribution is -0.137. The van der Waals surface area contributed by atoms with Gasteiger partial charge in [-0.25, -0.2) is 4.79 Å². The molecule has 0 bridgehead atoms. The van der Waals surface area contributed by atoms with E-state index in [4.69, 9.17) is 4.74 Å². The van der Waals surface area contributed by atoms with Crippen molar-refractivity contribution >= 4 is 17.8 Å². The van der Waals surface area contributed by atoms with Crippen molar-refractivity contribution in [1.29, 1.82) is 0 Å². The number of fused-ring (bicyclic) bond motifs is 1. The van der Waals surface area contributed by atoms with Gasteiger partial charge in [0.15, 0.2) is 0 Å². The Kier molecular flexibility index (Phi) is 3.05. The molecule has 0 saturated heterocycles. The topological polar surface area (TPSA) is 26.3 Å². The Labute approximate surface area is 118 Å². The van der Waals surface area contributed by atoms with Crippen LogP contribution in [0.3, 0.4) is 0 Å². The van der Waals surface area contributed by atoms with E-state index in [2.05, 4.69) is 0 Å². The number of rotatable bonds is 1. The van der Waals surface area contributed by atoms with Crippen LogP contribution >= 0.6 is 0 Å². The van der Waals surface area contributed by atoms with Crippen LogP contribution in [-0.2, 0) is 10.9 Å². The summed E-state index contributed by atoms with van der Waals surface area (Å²) in [6, 6.07) is 11.6. The van der Waals surface area contributed by atoms with Crippen LogP contribution in [0.5, 0.6) is 0 Å². The number of cyclic esters (lactones) is 1. The Bertz CT molecular complexity index is 745. The summed E-state index contributed by atoms with van der Waals surface area (Å²) >= 11 is 0. The van der Waals surface area contributed by atoms with E-state index in [1.807, 2.05) is 0 Å². The molecule has 2 aromatic rings. The third kappa shape index (κ3) is 2.54. The molecule has 0 fully saturated rings. The molecule has 0 spiro atoms. The molecule has 0 unspecified atom stereocenters. The lowest BCUT2D eigenvalue weighted by Crippen LogP contribution is -2.04. The maximum atomic E-state index is 12.7. The van der Waals surface area contributed by atoms with Gasteiger partial charge in [-0.15, -0.1) is 0 Å². The predicted octanol–water partition coefficient (Wildman–Crippen LogP) is 4.37. The van der Waals surface area contributed by atoms with Crippen LogP contribution in [0.15, 0.2) is 48.5 Å². The van der Waals surface area contributed by atoms with Crippen molar-refractivity contribution in [2.24, 2.45) is 0 Å². The van der Waals surface area contributed by atoms with E-state index in [9.17, 15) is 18.0 Å². The minimum absolute atomic E-state index is 0.259. The summed E-state index contributed by atoms with van der Waals surface area (Å²) in [6.45, 7) is 0. The van der Waals surface area contributed by atoms with Gasteiger partial charge in [-0.3, -0.25) is 0 Å². The molecule has 0 aromatic heterocycles. The van der Waals surface area contributed by atoms with Gasteiger partial charge in [0.1, 0.15) is 5.76 Å². The minimum Gasteiger partial charge on any atom is -0.422 e. The Morgan fingerprint density at radius 2 is 1.67 bits per heavy atom. The molecular weight excluding hydrogens is 281 g/mol. The molecule has 1 aliphatic heterocycles. The van der Waals surface area contributed by atoms with E-state index >= 15 is 0 Å². The second kappa shape index (κ2) is 4.77. The molecule has 2 nitrogen and oxygen atoms in total. The number of carbonyl (C=O) groups is 1. The van der Waals surface area contributed by atoms with Crippen molar-refractivity contribution in [3.8, 4) is 0 Å². The number of carbonyl (C=O) groups excluding carboxylic acids is 1. The predicted molar refractivity (Wildman–Crippen MR) is 71.2 cm³/mol. The first-order valence-electron chi connectivity index (χ1n) is 6.16. The van der Waals surface area contributed by atoms with E-state index in [0.717, 1.165) is 12.1 Å². The average Bonchev–Trinajstić information content (AvgIpc) is 2.76. The summed E-state index contributed by atoms with van der Waals surface area (Å²) in [5, 5.41) is 0. The Morgan fingerprint density at radius 3 is 2.38 bits per heavy atom. The lowest BCUT2D eigenvalue weighted by Gasteiger charge is -2.07. The maximum absolute atomic E-state index is 12.7. The van der Waals surface area contributed by atoms with Gasteiger partial charge in [-0.2, -0.15) is 13.2 Å². The Hall–Kier alpha value is -2.56. The fourth-order valence-corrected chi connectivity index (χ4v) is 2.15. The van der Waals surface area contributed by atoms with Crippen LogP contribution < -0.4 is 0 Å². The smallest absolute Gasteiger partial charge is 0.416 e. The third-order valence-corrected chi connectivity index (χ3v) is 3.13. The van der Waals surface area contributed by atoms with E-state index in [1.54, 1.807) is 24.3 Å². The summed E-state index contributed by atoms with van der Waals surface area (Å²) in [5.74, 6) is -0.237. The molecule has 3 rings (SSSR count). The molecule has 0 N–H and O–H groups in total. The second-order valence-corrected chi connectivity index (χ2v) is 4.57. The van der Waals surface area contributed by atoms with Crippen LogP contribution in [-0.4, -0.2) is 5.97 Å². The molecule has 0 radical (unpaired) electrons. The SMILES string of the molecule is O=C1OC(=Cc2cccc(C(F)(F)F)c2)c2ccccc21. The highest BCUT2D eigenvalue weighted by Gasteiger charge is 2.30. The van der Waals surface area contributed by atoms with E-state index < -0.39 is 17.7 Å². The number of esters is 1. The van der Waals surface area contributed by atoms with Gasteiger partial charge in [0.2, 0.25) is 0 Å². The molecule has 5 heteroatoms. The van der Waals surface area contributed by atoms with Crippen molar-refractivity contribution in [2.45, 2.75) is 6.18 Å².